The van der Waals surface area contributed by atoms with Crippen molar-refractivity contribution in [3.05, 3.63) is 58.3 Å². The van der Waals surface area contributed by atoms with Crippen LogP contribution >= 0.6 is 15.9 Å². The summed E-state index contributed by atoms with van der Waals surface area (Å²) < 4.78 is 6.76. The molecule has 20 heavy (non-hydrogen) atoms. The van der Waals surface area contributed by atoms with Gasteiger partial charge in [0.25, 0.3) is 0 Å². The van der Waals surface area contributed by atoms with Gasteiger partial charge in [0.15, 0.2) is 0 Å². The van der Waals surface area contributed by atoms with E-state index in [1.54, 1.807) is 6.20 Å². The van der Waals surface area contributed by atoms with Crippen molar-refractivity contribution in [2.75, 3.05) is 0 Å². The minimum absolute atomic E-state index is 0.208. The summed E-state index contributed by atoms with van der Waals surface area (Å²) in [4.78, 5) is 4.12. The zero-order valence-corrected chi connectivity index (χ0v) is 13.1. The first-order chi connectivity index (χ1) is 9.67. The largest absolute Gasteiger partial charge is 0.489 e. The molecule has 0 fully saturated rings. The lowest BCUT2D eigenvalue weighted by Crippen LogP contribution is -2.21. The van der Waals surface area contributed by atoms with Gasteiger partial charge in [0.2, 0.25) is 0 Å². The van der Waals surface area contributed by atoms with E-state index in [2.05, 4.69) is 40.0 Å². The highest BCUT2D eigenvalue weighted by molar-refractivity contribution is 9.10. The second-order valence-electron chi connectivity index (χ2n) is 4.82. The average molecular weight is 335 g/mol. The van der Waals surface area contributed by atoms with Gasteiger partial charge in [-0.15, -0.1) is 0 Å². The number of ether oxygens (including phenoxy) is 1. The van der Waals surface area contributed by atoms with Gasteiger partial charge in [-0.2, -0.15) is 0 Å². The fraction of sp³-hybridized carbons (Fsp3) is 0.312. The van der Waals surface area contributed by atoms with Crippen LogP contribution < -0.4 is 10.5 Å². The van der Waals surface area contributed by atoms with Gasteiger partial charge in [-0.3, -0.25) is 4.98 Å². The molecule has 1 aromatic carbocycles. The smallest absolute Gasteiger partial charge is 0.120 e. The zero-order valence-electron chi connectivity index (χ0n) is 11.6. The van der Waals surface area contributed by atoms with E-state index in [1.807, 2.05) is 24.4 Å². The second-order valence-corrected chi connectivity index (χ2v) is 5.74. The fourth-order valence-electron chi connectivity index (χ4n) is 1.91. The lowest BCUT2D eigenvalue weighted by atomic mass is 10.0. The van der Waals surface area contributed by atoms with Crippen LogP contribution in [0.3, 0.4) is 0 Å². The van der Waals surface area contributed by atoms with Crippen LogP contribution in [0.5, 0.6) is 5.75 Å². The molecule has 2 aromatic rings. The van der Waals surface area contributed by atoms with Crippen molar-refractivity contribution in [2.45, 2.75) is 32.4 Å². The molecule has 0 aliphatic carbocycles. The Hall–Kier alpha value is -1.39. The first kappa shape index (κ1) is 15.0. The van der Waals surface area contributed by atoms with Crippen molar-refractivity contribution >= 4 is 15.9 Å². The van der Waals surface area contributed by atoms with Gasteiger partial charge in [0.05, 0.1) is 0 Å². The number of nitrogens with zero attached hydrogens (tertiary/aromatic N) is 1. The molecule has 3 nitrogen and oxygen atoms in total. The van der Waals surface area contributed by atoms with E-state index in [1.165, 1.54) is 5.56 Å². The van der Waals surface area contributed by atoms with E-state index in [0.717, 1.165) is 28.6 Å². The van der Waals surface area contributed by atoms with Gasteiger partial charge in [-0.25, -0.2) is 0 Å². The standard InChI is InChI=1S/C16H19BrN2O/c1-2-15(18)7-12-4-3-5-16(8-12)20-11-13-6-14(17)10-19-9-13/h3-6,8-10,15H,2,7,11,18H2,1H3. The summed E-state index contributed by atoms with van der Waals surface area (Å²) in [5.74, 6) is 0.866. The summed E-state index contributed by atoms with van der Waals surface area (Å²) in [5.41, 5.74) is 8.23. The maximum absolute atomic E-state index is 5.98. The average Bonchev–Trinajstić information content (AvgIpc) is 2.45. The van der Waals surface area contributed by atoms with Crippen LogP contribution in [0, 0.1) is 0 Å². The predicted octanol–water partition coefficient (Wildman–Crippen LogP) is 3.70. The van der Waals surface area contributed by atoms with E-state index in [4.69, 9.17) is 10.5 Å². The number of nitrogens with two attached hydrogens (primary N) is 1. The molecule has 0 aliphatic rings. The van der Waals surface area contributed by atoms with Gasteiger partial charge >= 0.3 is 0 Å². The van der Waals surface area contributed by atoms with Crippen molar-refractivity contribution in [1.29, 1.82) is 0 Å². The molecule has 0 amide bonds. The molecule has 106 valence electrons. The molecule has 1 heterocycles. The number of hydrogen-bond acceptors (Lipinski definition) is 3. The number of hydrogen-bond donors (Lipinski definition) is 1. The van der Waals surface area contributed by atoms with Crippen LogP contribution in [-0.2, 0) is 13.0 Å². The van der Waals surface area contributed by atoms with E-state index < -0.39 is 0 Å². The molecule has 0 saturated carbocycles. The molecule has 0 radical (unpaired) electrons. The fourth-order valence-corrected chi connectivity index (χ4v) is 2.32. The van der Waals surface area contributed by atoms with Gasteiger partial charge in [-0.1, -0.05) is 19.1 Å². The van der Waals surface area contributed by atoms with E-state index in [0.29, 0.717) is 6.61 Å². The van der Waals surface area contributed by atoms with Crippen molar-refractivity contribution < 1.29 is 4.74 Å². The number of halogens is 1. The van der Waals surface area contributed by atoms with Crippen molar-refractivity contribution in [1.82, 2.24) is 4.98 Å². The molecule has 0 aliphatic heterocycles. The van der Waals surface area contributed by atoms with Gasteiger partial charge in [-0.05, 0) is 52.5 Å². The van der Waals surface area contributed by atoms with Crippen LogP contribution in [0.4, 0.5) is 0 Å². The molecule has 2 N–H and O–H groups in total. The van der Waals surface area contributed by atoms with E-state index in [9.17, 15) is 0 Å². The van der Waals surface area contributed by atoms with E-state index >= 15 is 0 Å². The first-order valence-electron chi connectivity index (χ1n) is 6.74. The number of pyridine rings is 1. The molecule has 0 spiro atoms. The molecule has 0 saturated heterocycles. The topological polar surface area (TPSA) is 48.1 Å². The van der Waals surface area contributed by atoms with Crippen molar-refractivity contribution in [2.24, 2.45) is 5.73 Å². The van der Waals surface area contributed by atoms with Gasteiger partial charge in [0.1, 0.15) is 12.4 Å². The first-order valence-corrected chi connectivity index (χ1v) is 7.53. The Bertz CT molecular complexity index is 560. The number of aromatic nitrogens is 1. The number of rotatable bonds is 6. The highest BCUT2D eigenvalue weighted by Crippen LogP contribution is 2.17. The summed E-state index contributed by atoms with van der Waals surface area (Å²) in [6, 6.07) is 10.3. The molecule has 1 unspecified atom stereocenters. The maximum Gasteiger partial charge on any atom is 0.120 e. The summed E-state index contributed by atoms with van der Waals surface area (Å²) in [6.07, 6.45) is 5.43. The minimum atomic E-state index is 0.208. The molecular formula is C16H19BrN2O. The van der Waals surface area contributed by atoms with Crippen molar-refractivity contribution in [3.8, 4) is 5.75 Å². The van der Waals surface area contributed by atoms with Crippen LogP contribution in [0.25, 0.3) is 0 Å². The Morgan fingerprint density at radius 3 is 2.85 bits per heavy atom. The lowest BCUT2D eigenvalue weighted by molar-refractivity contribution is 0.305. The molecule has 2 rings (SSSR count). The Morgan fingerprint density at radius 2 is 2.10 bits per heavy atom. The van der Waals surface area contributed by atoms with Crippen LogP contribution in [0.2, 0.25) is 0 Å². The maximum atomic E-state index is 5.98. The molecule has 0 bridgehead atoms. The van der Waals surface area contributed by atoms with Crippen LogP contribution in [0.1, 0.15) is 24.5 Å². The third-order valence-electron chi connectivity index (χ3n) is 3.09. The second kappa shape index (κ2) is 7.41. The van der Waals surface area contributed by atoms with E-state index in [-0.39, 0.29) is 6.04 Å². The third-order valence-corrected chi connectivity index (χ3v) is 3.52. The summed E-state index contributed by atoms with van der Waals surface area (Å²) in [7, 11) is 0. The summed E-state index contributed by atoms with van der Waals surface area (Å²) in [5, 5.41) is 0. The SMILES string of the molecule is CCC(N)Cc1cccc(OCc2cncc(Br)c2)c1. The van der Waals surface area contributed by atoms with Crippen LogP contribution in [-0.4, -0.2) is 11.0 Å². The normalized spacial score (nSPS) is 12.2. The zero-order chi connectivity index (χ0) is 14.4. The quantitative estimate of drug-likeness (QED) is 0.876. The summed E-state index contributed by atoms with van der Waals surface area (Å²) >= 11 is 3.40. The number of benzene rings is 1. The Kier molecular flexibility index (Phi) is 5.56. The Labute approximate surface area is 128 Å². The van der Waals surface area contributed by atoms with Gasteiger partial charge < -0.3 is 10.5 Å². The monoisotopic (exact) mass is 334 g/mol. The molecule has 1 atom stereocenters. The van der Waals surface area contributed by atoms with Gasteiger partial charge in [0, 0.05) is 28.5 Å². The van der Waals surface area contributed by atoms with Crippen molar-refractivity contribution in [3.63, 3.8) is 0 Å². The summed E-state index contributed by atoms with van der Waals surface area (Å²) in [6.45, 7) is 2.61. The third kappa shape index (κ3) is 4.62. The predicted molar refractivity (Wildman–Crippen MR) is 84.7 cm³/mol. The highest BCUT2D eigenvalue weighted by atomic mass is 79.9. The Balaban J connectivity index is 1.97. The molecular weight excluding hydrogens is 316 g/mol. The highest BCUT2D eigenvalue weighted by Gasteiger charge is 2.03. The minimum Gasteiger partial charge on any atom is -0.489 e. The Morgan fingerprint density at radius 1 is 1.25 bits per heavy atom. The molecule has 4 heteroatoms. The van der Waals surface area contributed by atoms with Crippen LogP contribution in [0.15, 0.2) is 47.2 Å². The lowest BCUT2D eigenvalue weighted by Gasteiger charge is -2.11. The molecule has 1 aromatic heterocycles.